The second-order valence-corrected chi connectivity index (χ2v) is 8.63. The predicted molar refractivity (Wildman–Crippen MR) is 107 cm³/mol. The zero-order valence-electron chi connectivity index (χ0n) is 16.4. The SMILES string of the molecule is COc1ccc(C)cc1S(=O)(=O)N1CCN(C(=O)COc2ccc(O)cc2)CC1. The molecule has 3 rings (SSSR count). The van der Waals surface area contributed by atoms with Crippen molar-refractivity contribution in [2.24, 2.45) is 0 Å². The highest BCUT2D eigenvalue weighted by Crippen LogP contribution is 2.28. The Morgan fingerprint density at radius 2 is 1.72 bits per heavy atom. The Morgan fingerprint density at radius 1 is 1.07 bits per heavy atom. The van der Waals surface area contributed by atoms with E-state index >= 15 is 0 Å². The topological polar surface area (TPSA) is 96.4 Å². The Kier molecular flexibility index (Phi) is 6.29. The van der Waals surface area contributed by atoms with Crippen LogP contribution in [-0.4, -0.2) is 68.5 Å². The number of hydrogen-bond acceptors (Lipinski definition) is 6. The highest BCUT2D eigenvalue weighted by Gasteiger charge is 2.32. The number of carbonyl (C=O) groups excluding carboxylic acids is 1. The van der Waals surface area contributed by atoms with Gasteiger partial charge in [0.15, 0.2) is 6.61 Å². The van der Waals surface area contributed by atoms with Crippen LogP contribution in [0.3, 0.4) is 0 Å². The van der Waals surface area contributed by atoms with Crippen LogP contribution in [0.2, 0.25) is 0 Å². The number of sulfonamides is 1. The predicted octanol–water partition coefficient (Wildman–Crippen LogP) is 1.62. The minimum atomic E-state index is -3.72. The van der Waals surface area contributed by atoms with Crippen LogP contribution in [0.5, 0.6) is 17.2 Å². The van der Waals surface area contributed by atoms with Gasteiger partial charge in [0.1, 0.15) is 22.1 Å². The van der Waals surface area contributed by atoms with E-state index in [1.807, 2.05) is 6.92 Å². The number of phenols is 1. The standard InChI is InChI=1S/C20H24N2O6S/c1-15-3-8-18(27-2)19(13-15)29(25,26)22-11-9-21(10-12-22)20(24)14-28-17-6-4-16(23)5-7-17/h3-8,13,23H,9-12,14H2,1-2H3. The van der Waals surface area contributed by atoms with Gasteiger partial charge in [-0.3, -0.25) is 4.79 Å². The average molecular weight is 420 g/mol. The van der Waals surface area contributed by atoms with Crippen molar-refractivity contribution < 1.29 is 27.8 Å². The zero-order chi connectivity index (χ0) is 21.0. The smallest absolute Gasteiger partial charge is 0.260 e. The van der Waals surface area contributed by atoms with Gasteiger partial charge in [-0.15, -0.1) is 0 Å². The van der Waals surface area contributed by atoms with Gasteiger partial charge in [0.2, 0.25) is 10.0 Å². The highest BCUT2D eigenvalue weighted by molar-refractivity contribution is 7.89. The molecule has 0 spiro atoms. The monoisotopic (exact) mass is 420 g/mol. The Labute approximate surface area is 170 Å². The lowest BCUT2D eigenvalue weighted by Gasteiger charge is -2.34. The molecule has 8 nitrogen and oxygen atoms in total. The number of methoxy groups -OCH3 is 1. The van der Waals surface area contributed by atoms with E-state index in [1.54, 1.807) is 35.2 Å². The summed E-state index contributed by atoms with van der Waals surface area (Å²) >= 11 is 0. The molecule has 0 atom stereocenters. The van der Waals surface area contributed by atoms with Crippen LogP contribution in [0.25, 0.3) is 0 Å². The first-order valence-corrected chi connectivity index (χ1v) is 10.6. The summed E-state index contributed by atoms with van der Waals surface area (Å²) in [6.45, 7) is 2.64. The van der Waals surface area contributed by atoms with Gasteiger partial charge >= 0.3 is 0 Å². The maximum atomic E-state index is 13.0. The summed E-state index contributed by atoms with van der Waals surface area (Å²) in [5.74, 6) is 0.676. The lowest BCUT2D eigenvalue weighted by molar-refractivity contribution is -0.134. The number of amides is 1. The van der Waals surface area contributed by atoms with E-state index in [0.29, 0.717) is 11.5 Å². The van der Waals surface area contributed by atoms with E-state index in [9.17, 15) is 18.3 Å². The van der Waals surface area contributed by atoms with Crippen molar-refractivity contribution in [1.29, 1.82) is 0 Å². The van der Waals surface area contributed by atoms with Crippen LogP contribution in [0.15, 0.2) is 47.4 Å². The quantitative estimate of drug-likeness (QED) is 0.763. The van der Waals surface area contributed by atoms with Crippen molar-refractivity contribution in [1.82, 2.24) is 9.21 Å². The number of hydrogen-bond donors (Lipinski definition) is 1. The van der Waals surface area contributed by atoms with E-state index in [1.165, 1.54) is 23.5 Å². The third-order valence-corrected chi connectivity index (χ3v) is 6.65. The molecule has 1 N–H and O–H groups in total. The van der Waals surface area contributed by atoms with Crippen molar-refractivity contribution in [2.75, 3.05) is 39.9 Å². The fraction of sp³-hybridized carbons (Fsp3) is 0.350. The first-order chi connectivity index (χ1) is 13.8. The van der Waals surface area contributed by atoms with Gasteiger partial charge in [-0.25, -0.2) is 8.42 Å². The molecule has 2 aromatic carbocycles. The average Bonchev–Trinajstić information content (AvgIpc) is 2.73. The molecule has 1 heterocycles. The van der Waals surface area contributed by atoms with Gasteiger partial charge in [-0.1, -0.05) is 6.07 Å². The molecule has 1 amide bonds. The lowest BCUT2D eigenvalue weighted by atomic mass is 10.2. The van der Waals surface area contributed by atoms with E-state index < -0.39 is 10.0 Å². The molecule has 0 aliphatic carbocycles. The van der Waals surface area contributed by atoms with Crippen molar-refractivity contribution >= 4 is 15.9 Å². The molecule has 1 fully saturated rings. The third-order valence-electron chi connectivity index (χ3n) is 4.73. The summed E-state index contributed by atoms with van der Waals surface area (Å²) < 4.78 is 38.1. The summed E-state index contributed by atoms with van der Waals surface area (Å²) in [6.07, 6.45) is 0. The molecule has 0 radical (unpaired) electrons. The molecule has 1 saturated heterocycles. The van der Waals surface area contributed by atoms with Crippen LogP contribution in [0, 0.1) is 6.92 Å². The van der Waals surface area contributed by atoms with Gasteiger partial charge in [0.05, 0.1) is 7.11 Å². The second-order valence-electron chi connectivity index (χ2n) is 6.72. The van der Waals surface area contributed by atoms with Crippen molar-refractivity contribution in [2.45, 2.75) is 11.8 Å². The largest absolute Gasteiger partial charge is 0.508 e. The maximum Gasteiger partial charge on any atom is 0.260 e. The molecular weight excluding hydrogens is 396 g/mol. The molecular formula is C20H24N2O6S. The van der Waals surface area contributed by atoms with Crippen molar-refractivity contribution in [3.05, 3.63) is 48.0 Å². The third kappa shape index (κ3) is 4.80. The number of benzene rings is 2. The molecule has 1 aliphatic heterocycles. The molecule has 0 saturated carbocycles. The summed E-state index contributed by atoms with van der Waals surface area (Å²) in [6, 6.07) is 11.1. The zero-order valence-corrected chi connectivity index (χ0v) is 17.2. The number of carbonyl (C=O) groups is 1. The highest BCUT2D eigenvalue weighted by atomic mass is 32.2. The molecule has 156 valence electrons. The number of aromatic hydroxyl groups is 1. The van der Waals surface area contributed by atoms with Gasteiger partial charge in [-0.2, -0.15) is 4.31 Å². The molecule has 1 aliphatic rings. The van der Waals surface area contributed by atoms with E-state index in [-0.39, 0.29) is 49.3 Å². The fourth-order valence-corrected chi connectivity index (χ4v) is 4.74. The second kappa shape index (κ2) is 8.71. The molecule has 0 aromatic heterocycles. The number of rotatable bonds is 6. The molecule has 0 unspecified atom stereocenters. The first-order valence-electron chi connectivity index (χ1n) is 9.15. The summed E-state index contributed by atoms with van der Waals surface area (Å²) in [7, 11) is -2.28. The minimum Gasteiger partial charge on any atom is -0.508 e. The summed E-state index contributed by atoms with van der Waals surface area (Å²) in [4.78, 5) is 14.1. The number of piperazine rings is 1. The van der Waals surface area contributed by atoms with E-state index in [0.717, 1.165) is 5.56 Å². The molecule has 29 heavy (non-hydrogen) atoms. The minimum absolute atomic E-state index is 0.117. The van der Waals surface area contributed by atoms with E-state index in [2.05, 4.69) is 0 Å². The Hall–Kier alpha value is -2.78. The van der Waals surface area contributed by atoms with Gasteiger partial charge in [-0.05, 0) is 48.9 Å². The molecule has 9 heteroatoms. The number of phenolic OH excluding ortho intramolecular Hbond substituents is 1. The fourth-order valence-electron chi connectivity index (χ4n) is 3.08. The maximum absolute atomic E-state index is 13.0. The molecule has 2 aromatic rings. The normalized spacial score (nSPS) is 15.2. The Balaban J connectivity index is 1.60. The van der Waals surface area contributed by atoms with Gasteiger partial charge in [0.25, 0.3) is 5.91 Å². The van der Waals surface area contributed by atoms with Gasteiger partial charge < -0.3 is 19.5 Å². The van der Waals surface area contributed by atoms with E-state index in [4.69, 9.17) is 9.47 Å². The number of aryl methyl sites for hydroxylation is 1. The van der Waals surface area contributed by atoms with Gasteiger partial charge in [0, 0.05) is 26.2 Å². The van der Waals surface area contributed by atoms with Crippen LogP contribution >= 0.6 is 0 Å². The lowest BCUT2D eigenvalue weighted by Crippen LogP contribution is -2.51. The Bertz CT molecular complexity index is 967. The van der Waals surface area contributed by atoms with Crippen LogP contribution in [0.1, 0.15) is 5.56 Å². The molecule has 0 bridgehead atoms. The first kappa shape index (κ1) is 20.9. The summed E-state index contributed by atoms with van der Waals surface area (Å²) in [5, 5.41) is 9.27. The summed E-state index contributed by atoms with van der Waals surface area (Å²) in [5.41, 5.74) is 0.824. The van der Waals surface area contributed by atoms with Crippen molar-refractivity contribution in [3.8, 4) is 17.2 Å². The number of ether oxygens (including phenoxy) is 2. The Morgan fingerprint density at radius 3 is 2.34 bits per heavy atom. The van der Waals surface area contributed by atoms with Crippen LogP contribution in [-0.2, 0) is 14.8 Å². The van der Waals surface area contributed by atoms with Crippen LogP contribution in [0.4, 0.5) is 0 Å². The number of nitrogens with zero attached hydrogens (tertiary/aromatic N) is 2. The van der Waals surface area contributed by atoms with Crippen molar-refractivity contribution in [3.63, 3.8) is 0 Å². The van der Waals surface area contributed by atoms with Crippen LogP contribution < -0.4 is 9.47 Å².